The van der Waals surface area contributed by atoms with E-state index in [1.54, 1.807) is 0 Å². The minimum Gasteiger partial charge on any atom is -0.370 e. The maximum atomic E-state index is 5.78. The normalized spacial score (nSPS) is 25.1. The van der Waals surface area contributed by atoms with Gasteiger partial charge in [0.1, 0.15) is 17.3 Å². The van der Waals surface area contributed by atoms with Gasteiger partial charge in [-0.15, -0.1) is 21.5 Å². The molecule has 0 spiro atoms. The van der Waals surface area contributed by atoms with Crippen LogP contribution in [-0.4, -0.2) is 26.2 Å². The fourth-order valence-corrected chi connectivity index (χ4v) is 5.10. The van der Waals surface area contributed by atoms with Crippen LogP contribution in [0.25, 0.3) is 15.9 Å². The van der Waals surface area contributed by atoms with Gasteiger partial charge in [0.25, 0.3) is 0 Å². The molecule has 0 amide bonds. The highest BCUT2D eigenvalue weighted by Gasteiger charge is 2.27. The summed E-state index contributed by atoms with van der Waals surface area (Å²) < 4.78 is 7.82. The minimum absolute atomic E-state index is 0.0729. The summed E-state index contributed by atoms with van der Waals surface area (Å²) in [4.78, 5) is 7.30. The molecule has 2 atom stereocenters. The van der Waals surface area contributed by atoms with Crippen LogP contribution in [0.15, 0.2) is 6.33 Å². The highest BCUT2D eigenvalue weighted by Crippen LogP contribution is 2.39. The van der Waals surface area contributed by atoms with Gasteiger partial charge in [0.15, 0.2) is 11.5 Å². The highest BCUT2D eigenvalue weighted by molar-refractivity contribution is 7.19. The predicted molar refractivity (Wildman–Crippen MR) is 85.3 cm³/mol. The Kier molecular flexibility index (Phi) is 2.79. The molecule has 114 valence electrons. The number of aromatic nitrogens is 4. The standard InChI is InChI=1S/C16H18N4OS/c1-9-4-5-10-12(7-9)22-16-13(10)15-19-18-14(20(15)8-17-16)11-3-2-6-21-11/h8-9,11H,2-7H2,1H3. The zero-order valence-electron chi connectivity index (χ0n) is 12.6. The molecule has 0 bridgehead atoms. The molecular formula is C16H18N4OS. The molecule has 0 aromatic carbocycles. The van der Waals surface area contributed by atoms with E-state index in [0.29, 0.717) is 0 Å². The number of ether oxygens (including phenoxy) is 1. The van der Waals surface area contributed by atoms with Crippen LogP contribution in [0.4, 0.5) is 0 Å². The number of nitrogens with zero attached hydrogens (tertiary/aromatic N) is 4. The first-order chi connectivity index (χ1) is 10.8. The first-order valence-corrected chi connectivity index (χ1v) is 8.88. The van der Waals surface area contributed by atoms with Crippen molar-refractivity contribution in [3.8, 4) is 0 Å². The van der Waals surface area contributed by atoms with Gasteiger partial charge in [-0.2, -0.15) is 0 Å². The lowest BCUT2D eigenvalue weighted by molar-refractivity contribution is 0.104. The van der Waals surface area contributed by atoms with Gasteiger partial charge in [-0.1, -0.05) is 6.92 Å². The van der Waals surface area contributed by atoms with Crippen molar-refractivity contribution in [1.82, 2.24) is 19.6 Å². The van der Waals surface area contributed by atoms with E-state index in [2.05, 4.69) is 22.1 Å². The number of rotatable bonds is 1. The molecule has 22 heavy (non-hydrogen) atoms. The van der Waals surface area contributed by atoms with Gasteiger partial charge in [-0.05, 0) is 43.6 Å². The van der Waals surface area contributed by atoms with Gasteiger partial charge in [0, 0.05) is 11.5 Å². The fourth-order valence-electron chi connectivity index (χ4n) is 3.76. The van der Waals surface area contributed by atoms with E-state index in [4.69, 9.17) is 4.74 Å². The largest absolute Gasteiger partial charge is 0.370 e. The summed E-state index contributed by atoms with van der Waals surface area (Å²) in [5, 5.41) is 10.1. The molecule has 0 N–H and O–H groups in total. The van der Waals surface area contributed by atoms with Crippen molar-refractivity contribution < 1.29 is 4.74 Å². The monoisotopic (exact) mass is 314 g/mol. The molecule has 3 aromatic heterocycles. The summed E-state index contributed by atoms with van der Waals surface area (Å²) in [7, 11) is 0. The van der Waals surface area contributed by atoms with Crippen molar-refractivity contribution in [2.45, 2.75) is 45.1 Å². The van der Waals surface area contributed by atoms with Crippen molar-refractivity contribution >= 4 is 27.2 Å². The van der Waals surface area contributed by atoms with Gasteiger partial charge in [0.05, 0.1) is 5.39 Å². The summed E-state index contributed by atoms with van der Waals surface area (Å²) >= 11 is 1.84. The molecule has 6 heteroatoms. The van der Waals surface area contributed by atoms with Crippen LogP contribution in [0.1, 0.15) is 48.6 Å². The molecule has 1 aliphatic carbocycles. The van der Waals surface area contributed by atoms with Crippen molar-refractivity contribution in [1.29, 1.82) is 0 Å². The highest BCUT2D eigenvalue weighted by atomic mass is 32.1. The number of hydrogen-bond donors (Lipinski definition) is 0. The molecule has 1 saturated heterocycles. The Hall–Kier alpha value is -1.53. The van der Waals surface area contributed by atoms with Crippen LogP contribution in [0.2, 0.25) is 0 Å². The van der Waals surface area contributed by atoms with Crippen molar-refractivity contribution in [2.75, 3.05) is 6.61 Å². The topological polar surface area (TPSA) is 52.3 Å². The van der Waals surface area contributed by atoms with Gasteiger partial charge in [0.2, 0.25) is 0 Å². The third kappa shape index (κ3) is 1.77. The number of thiophene rings is 1. The number of hydrogen-bond acceptors (Lipinski definition) is 5. The molecule has 1 aliphatic heterocycles. The zero-order valence-corrected chi connectivity index (χ0v) is 13.4. The van der Waals surface area contributed by atoms with Crippen LogP contribution in [0.3, 0.4) is 0 Å². The van der Waals surface area contributed by atoms with Gasteiger partial charge < -0.3 is 4.74 Å². The molecule has 5 rings (SSSR count). The molecule has 2 unspecified atom stereocenters. The second kappa shape index (κ2) is 4.73. The summed E-state index contributed by atoms with van der Waals surface area (Å²) in [5.41, 5.74) is 2.42. The first kappa shape index (κ1) is 13.0. The second-order valence-corrected chi connectivity index (χ2v) is 7.61. The van der Waals surface area contributed by atoms with Gasteiger partial charge >= 0.3 is 0 Å². The molecule has 4 heterocycles. The molecular weight excluding hydrogens is 296 g/mol. The second-order valence-electron chi connectivity index (χ2n) is 6.53. The Labute approximate surface area is 132 Å². The lowest BCUT2D eigenvalue weighted by Crippen LogP contribution is -2.08. The Balaban J connectivity index is 1.74. The SMILES string of the molecule is CC1CCc2c(sc3ncn4c(C5CCCO5)nnc4c23)C1. The zero-order chi connectivity index (χ0) is 14.7. The summed E-state index contributed by atoms with van der Waals surface area (Å²) in [6.45, 7) is 3.16. The Bertz CT molecular complexity index is 862. The van der Waals surface area contributed by atoms with Crippen LogP contribution in [-0.2, 0) is 17.6 Å². The van der Waals surface area contributed by atoms with E-state index in [1.807, 2.05) is 22.1 Å². The maximum Gasteiger partial charge on any atom is 0.172 e. The first-order valence-electron chi connectivity index (χ1n) is 8.06. The number of fused-ring (bicyclic) bond motifs is 5. The molecule has 3 aromatic rings. The third-order valence-electron chi connectivity index (χ3n) is 4.95. The van der Waals surface area contributed by atoms with Gasteiger partial charge in [-0.3, -0.25) is 4.40 Å². The molecule has 2 aliphatic rings. The third-order valence-corrected chi connectivity index (χ3v) is 6.11. The lowest BCUT2D eigenvalue weighted by Gasteiger charge is -2.17. The van der Waals surface area contributed by atoms with Crippen molar-refractivity contribution in [3.63, 3.8) is 0 Å². The van der Waals surface area contributed by atoms with E-state index in [0.717, 1.165) is 48.1 Å². The van der Waals surface area contributed by atoms with Crippen LogP contribution in [0.5, 0.6) is 0 Å². The molecule has 0 saturated carbocycles. The van der Waals surface area contributed by atoms with Crippen molar-refractivity contribution in [2.24, 2.45) is 5.92 Å². The fraction of sp³-hybridized carbons (Fsp3) is 0.562. The predicted octanol–water partition coefficient (Wildman–Crippen LogP) is 3.32. The summed E-state index contributed by atoms with van der Waals surface area (Å²) in [6, 6.07) is 0. The van der Waals surface area contributed by atoms with E-state index in [9.17, 15) is 0 Å². The Morgan fingerprint density at radius 1 is 1.32 bits per heavy atom. The van der Waals surface area contributed by atoms with E-state index in [1.165, 1.54) is 28.7 Å². The molecule has 1 fully saturated rings. The summed E-state index contributed by atoms with van der Waals surface area (Å²) in [5.74, 6) is 1.68. The quantitative estimate of drug-likeness (QED) is 0.691. The van der Waals surface area contributed by atoms with Crippen LogP contribution >= 0.6 is 11.3 Å². The van der Waals surface area contributed by atoms with Crippen LogP contribution < -0.4 is 0 Å². The molecule has 5 nitrogen and oxygen atoms in total. The Morgan fingerprint density at radius 3 is 3.14 bits per heavy atom. The smallest absolute Gasteiger partial charge is 0.172 e. The Morgan fingerprint density at radius 2 is 2.27 bits per heavy atom. The van der Waals surface area contributed by atoms with Crippen molar-refractivity contribution in [3.05, 3.63) is 22.6 Å². The molecule has 0 radical (unpaired) electrons. The van der Waals surface area contributed by atoms with E-state index < -0.39 is 0 Å². The maximum absolute atomic E-state index is 5.78. The average molecular weight is 314 g/mol. The minimum atomic E-state index is 0.0729. The van der Waals surface area contributed by atoms with Crippen LogP contribution in [0, 0.1) is 5.92 Å². The number of aryl methyl sites for hydroxylation is 1. The average Bonchev–Trinajstić information content (AvgIpc) is 3.22. The lowest BCUT2D eigenvalue weighted by atomic mass is 9.89. The van der Waals surface area contributed by atoms with E-state index >= 15 is 0 Å². The summed E-state index contributed by atoms with van der Waals surface area (Å²) in [6.07, 6.45) is 7.64. The van der Waals surface area contributed by atoms with Gasteiger partial charge in [-0.25, -0.2) is 4.98 Å². The van der Waals surface area contributed by atoms with E-state index in [-0.39, 0.29) is 6.10 Å².